The summed E-state index contributed by atoms with van der Waals surface area (Å²) in [5, 5.41) is 5.02. The number of amides is 2. The zero-order valence-corrected chi connectivity index (χ0v) is 15.9. The van der Waals surface area contributed by atoms with E-state index < -0.39 is 0 Å². The number of rotatable bonds is 7. The molecule has 0 aliphatic carbocycles. The average molecular weight is 369 g/mol. The van der Waals surface area contributed by atoms with Crippen LogP contribution in [0.3, 0.4) is 0 Å². The fourth-order valence-corrected chi connectivity index (χ4v) is 4.02. The number of nitrogens with zero attached hydrogens (tertiary/aromatic N) is 2. The number of nitrogens with one attached hydrogen (secondary N) is 1. The highest BCUT2D eigenvalue weighted by Crippen LogP contribution is 2.31. The van der Waals surface area contributed by atoms with E-state index in [4.69, 9.17) is 0 Å². The Labute approximate surface area is 157 Å². The van der Waals surface area contributed by atoms with Crippen molar-refractivity contribution in [3.63, 3.8) is 0 Å². The summed E-state index contributed by atoms with van der Waals surface area (Å²) in [5.74, 6) is -0.145. The summed E-state index contributed by atoms with van der Waals surface area (Å²) in [4.78, 5) is 29.6. The summed E-state index contributed by atoms with van der Waals surface area (Å²) in [6.07, 6.45) is 0.253. The third kappa shape index (κ3) is 3.71. The molecule has 1 atom stereocenters. The lowest BCUT2D eigenvalue weighted by Crippen LogP contribution is -2.36. The highest BCUT2D eigenvalue weighted by molar-refractivity contribution is 7.10. The van der Waals surface area contributed by atoms with Crippen LogP contribution >= 0.6 is 11.3 Å². The molecule has 136 valence electrons. The first kappa shape index (κ1) is 18.4. The molecule has 5 nitrogen and oxygen atoms in total. The maximum atomic E-state index is 12.5. The van der Waals surface area contributed by atoms with Crippen molar-refractivity contribution in [1.29, 1.82) is 0 Å². The fraction of sp³-hybridized carbons (Fsp3) is 0.300. The van der Waals surface area contributed by atoms with Gasteiger partial charge in [0.1, 0.15) is 0 Å². The second-order valence-corrected chi connectivity index (χ2v) is 7.48. The Morgan fingerprint density at radius 3 is 2.58 bits per heavy atom. The van der Waals surface area contributed by atoms with E-state index in [0.29, 0.717) is 24.4 Å². The third-order valence-electron chi connectivity index (χ3n) is 4.59. The Balaban J connectivity index is 1.53. The van der Waals surface area contributed by atoms with E-state index in [0.717, 1.165) is 5.56 Å². The van der Waals surface area contributed by atoms with Gasteiger partial charge in [-0.05, 0) is 31.6 Å². The van der Waals surface area contributed by atoms with Crippen LogP contribution < -0.4 is 5.32 Å². The SMILES string of the molecule is C=C1c2ccccc2C(=O)N1CCC(=O)NC[C@H](c1cccs1)N(C)C. The predicted molar refractivity (Wildman–Crippen MR) is 105 cm³/mol. The van der Waals surface area contributed by atoms with Crippen LogP contribution in [0, 0.1) is 0 Å². The minimum absolute atomic E-state index is 0.0648. The number of hydrogen-bond donors (Lipinski definition) is 1. The second kappa shape index (κ2) is 7.85. The molecule has 0 unspecified atom stereocenters. The molecule has 1 aliphatic rings. The maximum absolute atomic E-state index is 12.5. The van der Waals surface area contributed by atoms with Gasteiger partial charge < -0.3 is 15.1 Å². The summed E-state index contributed by atoms with van der Waals surface area (Å²) < 4.78 is 0. The van der Waals surface area contributed by atoms with Crippen molar-refractivity contribution >= 4 is 28.8 Å². The number of carbonyl (C=O) groups is 2. The van der Waals surface area contributed by atoms with E-state index >= 15 is 0 Å². The van der Waals surface area contributed by atoms with Gasteiger partial charge in [0, 0.05) is 41.2 Å². The molecule has 0 spiro atoms. The highest BCUT2D eigenvalue weighted by atomic mass is 32.1. The molecule has 1 N–H and O–H groups in total. The van der Waals surface area contributed by atoms with Crippen LogP contribution in [-0.2, 0) is 4.79 Å². The molecule has 2 heterocycles. The first-order valence-electron chi connectivity index (χ1n) is 8.55. The molecular formula is C20H23N3O2S. The predicted octanol–water partition coefficient (Wildman–Crippen LogP) is 2.98. The maximum Gasteiger partial charge on any atom is 0.258 e. The van der Waals surface area contributed by atoms with Crippen molar-refractivity contribution in [3.8, 4) is 0 Å². The van der Waals surface area contributed by atoms with E-state index in [9.17, 15) is 9.59 Å². The molecule has 3 rings (SSSR count). The Bertz CT molecular complexity index is 779. The van der Waals surface area contributed by atoms with E-state index in [1.807, 2.05) is 43.7 Å². The van der Waals surface area contributed by atoms with Gasteiger partial charge >= 0.3 is 0 Å². The number of hydrogen-bond acceptors (Lipinski definition) is 4. The van der Waals surface area contributed by atoms with Crippen molar-refractivity contribution in [2.45, 2.75) is 12.5 Å². The Kier molecular flexibility index (Phi) is 5.54. The summed E-state index contributed by atoms with van der Waals surface area (Å²) in [5.41, 5.74) is 2.18. The first-order chi connectivity index (χ1) is 12.5. The van der Waals surface area contributed by atoms with Gasteiger partial charge in [0.05, 0.1) is 6.04 Å². The van der Waals surface area contributed by atoms with Gasteiger partial charge in [-0.25, -0.2) is 0 Å². The van der Waals surface area contributed by atoms with Crippen molar-refractivity contribution in [2.75, 3.05) is 27.2 Å². The molecule has 2 aromatic rings. The number of benzene rings is 1. The monoisotopic (exact) mass is 369 g/mol. The summed E-state index contributed by atoms with van der Waals surface area (Å²) in [6.45, 7) is 4.88. The largest absolute Gasteiger partial charge is 0.354 e. The third-order valence-corrected chi connectivity index (χ3v) is 5.56. The minimum Gasteiger partial charge on any atom is -0.354 e. The fourth-order valence-electron chi connectivity index (χ4n) is 3.10. The molecule has 0 saturated heterocycles. The van der Waals surface area contributed by atoms with Crippen LogP contribution in [0.5, 0.6) is 0 Å². The van der Waals surface area contributed by atoms with Crippen molar-refractivity contribution in [3.05, 3.63) is 64.4 Å². The molecule has 0 radical (unpaired) electrons. The smallest absolute Gasteiger partial charge is 0.258 e. The van der Waals surface area contributed by atoms with Crippen LogP contribution in [0.2, 0.25) is 0 Å². The number of fused-ring (bicyclic) bond motifs is 1. The molecule has 1 aliphatic heterocycles. The summed E-state index contributed by atoms with van der Waals surface area (Å²) in [7, 11) is 4.00. The molecule has 1 aromatic carbocycles. The lowest BCUT2D eigenvalue weighted by Gasteiger charge is -2.24. The normalized spacial score (nSPS) is 14.7. The lowest BCUT2D eigenvalue weighted by atomic mass is 10.1. The Hall–Kier alpha value is -2.44. The van der Waals surface area contributed by atoms with E-state index in [2.05, 4.69) is 22.9 Å². The lowest BCUT2D eigenvalue weighted by molar-refractivity contribution is -0.121. The minimum atomic E-state index is -0.0804. The standard InChI is InChI=1S/C20H23N3O2S/c1-14-15-7-4-5-8-16(15)20(25)23(14)11-10-19(24)21-13-17(22(2)3)18-9-6-12-26-18/h4-9,12,17H,1,10-11,13H2,2-3H3,(H,21,24)/t17-/m1/s1. The van der Waals surface area contributed by atoms with Crippen LogP contribution in [0.4, 0.5) is 0 Å². The van der Waals surface area contributed by atoms with Gasteiger partial charge in [-0.3, -0.25) is 9.59 Å². The van der Waals surface area contributed by atoms with Crippen molar-refractivity contribution in [1.82, 2.24) is 15.1 Å². The Morgan fingerprint density at radius 2 is 1.96 bits per heavy atom. The van der Waals surface area contributed by atoms with Crippen LogP contribution in [-0.4, -0.2) is 48.8 Å². The summed E-state index contributed by atoms with van der Waals surface area (Å²) >= 11 is 1.68. The van der Waals surface area contributed by atoms with E-state index in [1.165, 1.54) is 4.88 Å². The van der Waals surface area contributed by atoms with E-state index in [-0.39, 0.29) is 24.3 Å². The average Bonchev–Trinajstić information content (AvgIpc) is 3.22. The second-order valence-electron chi connectivity index (χ2n) is 6.50. The van der Waals surface area contributed by atoms with Crippen molar-refractivity contribution < 1.29 is 9.59 Å². The zero-order chi connectivity index (χ0) is 18.7. The number of likely N-dealkylation sites (N-methyl/N-ethyl adjacent to an activating group) is 1. The van der Waals surface area contributed by atoms with Crippen molar-refractivity contribution in [2.24, 2.45) is 0 Å². The summed E-state index contributed by atoms with van der Waals surface area (Å²) in [6, 6.07) is 11.6. The van der Waals surface area contributed by atoms with Gasteiger partial charge in [-0.2, -0.15) is 0 Å². The van der Waals surface area contributed by atoms with Gasteiger partial charge in [0.15, 0.2) is 0 Å². The zero-order valence-electron chi connectivity index (χ0n) is 15.1. The molecule has 2 amide bonds. The van der Waals surface area contributed by atoms with Gasteiger partial charge in [0.25, 0.3) is 5.91 Å². The Morgan fingerprint density at radius 1 is 1.23 bits per heavy atom. The number of carbonyl (C=O) groups excluding carboxylic acids is 2. The topological polar surface area (TPSA) is 52.7 Å². The molecule has 0 fully saturated rings. The van der Waals surface area contributed by atoms with Crippen LogP contribution in [0.1, 0.15) is 33.3 Å². The molecule has 6 heteroatoms. The molecule has 0 bridgehead atoms. The highest BCUT2D eigenvalue weighted by Gasteiger charge is 2.30. The van der Waals surface area contributed by atoms with Gasteiger partial charge in [0.2, 0.25) is 5.91 Å². The quantitative estimate of drug-likeness (QED) is 0.816. The molecule has 26 heavy (non-hydrogen) atoms. The first-order valence-corrected chi connectivity index (χ1v) is 9.43. The van der Waals surface area contributed by atoms with Crippen LogP contribution in [0.25, 0.3) is 5.70 Å². The van der Waals surface area contributed by atoms with Crippen LogP contribution in [0.15, 0.2) is 48.4 Å². The molecule has 0 saturated carbocycles. The van der Waals surface area contributed by atoms with Gasteiger partial charge in [-0.1, -0.05) is 30.8 Å². The molecular weight excluding hydrogens is 346 g/mol. The van der Waals surface area contributed by atoms with E-state index in [1.54, 1.807) is 22.3 Å². The molecule has 1 aromatic heterocycles. The van der Waals surface area contributed by atoms with Gasteiger partial charge in [-0.15, -0.1) is 11.3 Å². The number of thiophene rings is 1.